The molecule has 2 aliphatic rings. The Hall–Kier alpha value is -3.12. The molecule has 2 aliphatic heterocycles. The van der Waals surface area contributed by atoms with Crippen molar-refractivity contribution in [2.24, 2.45) is 11.3 Å². The van der Waals surface area contributed by atoms with Gasteiger partial charge in [0.05, 0.1) is 5.92 Å². The molecular formula is C24H26N4O2. The molecule has 1 aromatic heterocycles. The van der Waals surface area contributed by atoms with Crippen molar-refractivity contribution in [3.8, 4) is 0 Å². The highest BCUT2D eigenvalue weighted by Gasteiger charge is 2.57. The Kier molecular flexibility index (Phi) is 4.59. The normalized spacial score (nSPS) is 20.4. The second-order valence-electron chi connectivity index (χ2n) is 8.63. The van der Waals surface area contributed by atoms with E-state index >= 15 is 0 Å². The van der Waals surface area contributed by atoms with E-state index in [2.05, 4.69) is 27.3 Å². The molecule has 2 fully saturated rings. The molecule has 0 radical (unpaired) electrons. The first-order chi connectivity index (χ1) is 14.6. The molecule has 6 heteroatoms. The number of H-pyrrole nitrogens is 1. The molecule has 2 amide bonds. The Morgan fingerprint density at radius 3 is 2.67 bits per heavy atom. The second-order valence-corrected chi connectivity index (χ2v) is 8.63. The number of nitrogens with one attached hydrogen (secondary N) is 2. The lowest BCUT2D eigenvalue weighted by atomic mass is 9.71. The number of aromatic amines is 1. The van der Waals surface area contributed by atoms with Crippen molar-refractivity contribution in [2.75, 3.05) is 33.2 Å². The van der Waals surface area contributed by atoms with Crippen LogP contribution in [0, 0.1) is 11.3 Å². The van der Waals surface area contributed by atoms with Crippen molar-refractivity contribution < 1.29 is 9.59 Å². The van der Waals surface area contributed by atoms with Crippen LogP contribution < -0.4 is 5.32 Å². The topological polar surface area (TPSA) is 68.4 Å². The zero-order valence-corrected chi connectivity index (χ0v) is 17.1. The van der Waals surface area contributed by atoms with Gasteiger partial charge in [0.15, 0.2) is 0 Å². The summed E-state index contributed by atoms with van der Waals surface area (Å²) < 4.78 is 0. The number of amides is 2. The Balaban J connectivity index is 1.31. The Morgan fingerprint density at radius 2 is 1.90 bits per heavy atom. The van der Waals surface area contributed by atoms with Crippen LogP contribution in [0.15, 0.2) is 60.8 Å². The van der Waals surface area contributed by atoms with Crippen LogP contribution in [0.3, 0.4) is 0 Å². The molecule has 3 heterocycles. The van der Waals surface area contributed by atoms with E-state index in [1.54, 1.807) is 7.05 Å². The van der Waals surface area contributed by atoms with Crippen LogP contribution in [0.25, 0.3) is 10.9 Å². The van der Waals surface area contributed by atoms with Crippen molar-refractivity contribution in [1.29, 1.82) is 0 Å². The lowest BCUT2D eigenvalue weighted by molar-refractivity contribution is -0.130. The quantitative estimate of drug-likeness (QED) is 0.705. The first-order valence-electron chi connectivity index (χ1n) is 10.4. The van der Waals surface area contributed by atoms with E-state index in [9.17, 15) is 9.59 Å². The average molecular weight is 402 g/mol. The van der Waals surface area contributed by atoms with Crippen molar-refractivity contribution in [2.45, 2.75) is 6.54 Å². The smallest absolute Gasteiger partial charge is 0.253 e. The summed E-state index contributed by atoms with van der Waals surface area (Å²) in [4.78, 5) is 33.1. The maximum absolute atomic E-state index is 13.0. The molecule has 1 atom stereocenters. The first kappa shape index (κ1) is 18.9. The van der Waals surface area contributed by atoms with Crippen molar-refractivity contribution in [3.05, 3.63) is 71.9 Å². The van der Waals surface area contributed by atoms with Crippen LogP contribution in [0.4, 0.5) is 0 Å². The van der Waals surface area contributed by atoms with Gasteiger partial charge in [0, 0.05) is 62.5 Å². The molecule has 30 heavy (non-hydrogen) atoms. The number of nitrogens with zero attached hydrogens (tertiary/aromatic N) is 2. The van der Waals surface area contributed by atoms with E-state index in [1.165, 1.54) is 5.56 Å². The summed E-state index contributed by atoms with van der Waals surface area (Å²) in [5.74, 6) is 0.0147. The van der Waals surface area contributed by atoms with Crippen LogP contribution >= 0.6 is 0 Å². The van der Waals surface area contributed by atoms with Gasteiger partial charge in [0.25, 0.3) is 5.91 Å². The summed E-state index contributed by atoms with van der Waals surface area (Å²) in [6.07, 6.45) is 1.88. The third kappa shape index (κ3) is 3.17. The number of carbonyl (C=O) groups excluding carboxylic acids is 2. The molecule has 2 aromatic carbocycles. The van der Waals surface area contributed by atoms with E-state index < -0.39 is 0 Å². The highest BCUT2D eigenvalue weighted by Crippen LogP contribution is 2.45. The van der Waals surface area contributed by atoms with Gasteiger partial charge in [-0.2, -0.15) is 0 Å². The highest BCUT2D eigenvalue weighted by molar-refractivity contribution is 5.98. The average Bonchev–Trinajstić information content (AvgIpc) is 3.36. The van der Waals surface area contributed by atoms with E-state index in [0.29, 0.717) is 18.7 Å². The zero-order valence-electron chi connectivity index (χ0n) is 17.1. The third-order valence-electron chi connectivity index (χ3n) is 6.63. The van der Waals surface area contributed by atoms with Crippen LogP contribution in [-0.4, -0.2) is 59.8 Å². The predicted molar refractivity (Wildman–Crippen MR) is 116 cm³/mol. The number of aromatic nitrogens is 1. The van der Waals surface area contributed by atoms with Gasteiger partial charge in [0.2, 0.25) is 5.91 Å². The fourth-order valence-electron chi connectivity index (χ4n) is 5.11. The molecule has 1 spiro atoms. The van der Waals surface area contributed by atoms with E-state index in [1.807, 2.05) is 53.6 Å². The maximum atomic E-state index is 13.0. The van der Waals surface area contributed by atoms with E-state index in [0.717, 1.165) is 30.5 Å². The van der Waals surface area contributed by atoms with E-state index in [4.69, 9.17) is 0 Å². The van der Waals surface area contributed by atoms with Gasteiger partial charge in [-0.15, -0.1) is 0 Å². The standard InChI is InChI=1S/C24H26N4O2/c1-25-22(29)20-13-27(12-17-5-3-2-4-6-17)14-24(20)15-28(16-24)23(30)19-8-7-18-9-10-26-21(18)11-19/h2-11,20,26H,12-16H2,1H3,(H,25,29). The van der Waals surface area contributed by atoms with Gasteiger partial charge in [-0.25, -0.2) is 0 Å². The van der Waals surface area contributed by atoms with Crippen molar-refractivity contribution in [1.82, 2.24) is 20.1 Å². The molecule has 154 valence electrons. The molecule has 3 aromatic rings. The zero-order chi connectivity index (χ0) is 20.7. The van der Waals surface area contributed by atoms with Crippen molar-refractivity contribution >= 4 is 22.7 Å². The molecule has 2 N–H and O–H groups in total. The number of likely N-dealkylation sites (tertiary alicyclic amines) is 2. The monoisotopic (exact) mass is 402 g/mol. The number of rotatable bonds is 4. The molecule has 5 rings (SSSR count). The lowest BCUT2D eigenvalue weighted by Crippen LogP contribution is -2.63. The highest BCUT2D eigenvalue weighted by atomic mass is 16.2. The fourth-order valence-corrected chi connectivity index (χ4v) is 5.11. The third-order valence-corrected chi connectivity index (χ3v) is 6.63. The largest absolute Gasteiger partial charge is 0.361 e. The first-order valence-corrected chi connectivity index (χ1v) is 10.4. The van der Waals surface area contributed by atoms with Gasteiger partial charge in [-0.1, -0.05) is 36.4 Å². The summed E-state index contributed by atoms with van der Waals surface area (Å²) in [6.45, 7) is 3.63. The van der Waals surface area contributed by atoms with Crippen LogP contribution in [0.1, 0.15) is 15.9 Å². The fraction of sp³-hybridized carbons (Fsp3) is 0.333. The van der Waals surface area contributed by atoms with Gasteiger partial charge in [-0.05, 0) is 29.1 Å². The molecule has 2 saturated heterocycles. The molecule has 0 aliphatic carbocycles. The Labute approximate surface area is 175 Å². The van der Waals surface area contributed by atoms with Crippen molar-refractivity contribution in [3.63, 3.8) is 0 Å². The summed E-state index contributed by atoms with van der Waals surface area (Å²) in [6, 6.07) is 18.1. The number of hydrogen-bond donors (Lipinski definition) is 2. The summed E-state index contributed by atoms with van der Waals surface area (Å²) in [7, 11) is 1.70. The van der Waals surface area contributed by atoms with Gasteiger partial charge in [0.1, 0.15) is 0 Å². The molecule has 0 bridgehead atoms. The van der Waals surface area contributed by atoms with Gasteiger partial charge in [-0.3, -0.25) is 14.5 Å². The SMILES string of the molecule is CNC(=O)C1CN(Cc2ccccc2)CC12CN(C(=O)c1ccc3cc[nH]c3c1)C2. The summed E-state index contributed by atoms with van der Waals surface area (Å²) >= 11 is 0. The van der Waals surface area contributed by atoms with Crippen LogP contribution in [0.2, 0.25) is 0 Å². The predicted octanol–water partition coefficient (Wildman–Crippen LogP) is 2.49. The molecule has 6 nitrogen and oxygen atoms in total. The van der Waals surface area contributed by atoms with Gasteiger partial charge < -0.3 is 15.2 Å². The molecular weight excluding hydrogens is 376 g/mol. The van der Waals surface area contributed by atoms with E-state index in [-0.39, 0.29) is 23.1 Å². The molecule has 0 saturated carbocycles. The number of fused-ring (bicyclic) bond motifs is 1. The number of carbonyl (C=O) groups is 2. The van der Waals surface area contributed by atoms with Crippen LogP contribution in [0.5, 0.6) is 0 Å². The minimum absolute atomic E-state index is 0.0364. The lowest BCUT2D eigenvalue weighted by Gasteiger charge is -2.50. The number of hydrogen-bond acceptors (Lipinski definition) is 3. The number of benzene rings is 2. The summed E-state index contributed by atoms with van der Waals surface area (Å²) in [5.41, 5.74) is 2.74. The molecule has 1 unspecified atom stereocenters. The Bertz CT molecular complexity index is 1080. The maximum Gasteiger partial charge on any atom is 0.253 e. The van der Waals surface area contributed by atoms with Crippen LogP contribution in [-0.2, 0) is 11.3 Å². The second kappa shape index (κ2) is 7.29. The summed E-state index contributed by atoms with van der Waals surface area (Å²) in [5, 5.41) is 3.93. The minimum Gasteiger partial charge on any atom is -0.361 e. The Morgan fingerprint density at radius 1 is 1.10 bits per heavy atom. The minimum atomic E-state index is -0.166. The van der Waals surface area contributed by atoms with Gasteiger partial charge >= 0.3 is 0 Å².